The molecule has 2 aromatic carbocycles. The highest BCUT2D eigenvalue weighted by molar-refractivity contribution is 6.30. The van der Waals surface area contributed by atoms with Crippen LogP contribution in [-0.2, 0) is 11.3 Å². The van der Waals surface area contributed by atoms with E-state index < -0.39 is 12.1 Å². The lowest BCUT2D eigenvalue weighted by molar-refractivity contribution is 0.0125. The molecule has 0 unspecified atom stereocenters. The highest BCUT2D eigenvalue weighted by atomic mass is 35.5. The predicted molar refractivity (Wildman–Crippen MR) is 94.8 cm³/mol. The Morgan fingerprint density at radius 3 is 2.56 bits per heavy atom. The smallest absolute Gasteiger partial charge is 0.338 e. The Morgan fingerprint density at radius 2 is 1.88 bits per heavy atom. The number of para-hydroxylation sites is 1. The van der Waals surface area contributed by atoms with Crippen molar-refractivity contribution < 1.29 is 14.3 Å². The Morgan fingerprint density at radius 1 is 1.12 bits per heavy atom. The second kappa shape index (κ2) is 8.35. The molecule has 0 fully saturated rings. The van der Waals surface area contributed by atoms with E-state index in [9.17, 15) is 4.79 Å². The standard InChI is InChI=1S/C19H17ClN2O3/c20-16-8-6-15(7-9-16)19(23)25-18(12-22-11-10-21-14-22)13-24-17-4-2-1-3-5-17/h1-11,14,18H,12-13H2/t18-/m1/s1. The van der Waals surface area contributed by atoms with Crippen molar-refractivity contribution in [1.82, 2.24) is 9.55 Å². The fourth-order valence-electron chi connectivity index (χ4n) is 2.27. The molecule has 5 nitrogen and oxygen atoms in total. The number of carbonyl (C=O) groups is 1. The Labute approximate surface area is 150 Å². The molecule has 0 aliphatic carbocycles. The second-order valence-electron chi connectivity index (χ2n) is 5.42. The summed E-state index contributed by atoms with van der Waals surface area (Å²) >= 11 is 5.85. The zero-order valence-electron chi connectivity index (χ0n) is 13.4. The van der Waals surface area contributed by atoms with E-state index in [4.69, 9.17) is 21.1 Å². The van der Waals surface area contributed by atoms with Crippen LogP contribution in [0.5, 0.6) is 5.75 Å². The second-order valence-corrected chi connectivity index (χ2v) is 5.85. The van der Waals surface area contributed by atoms with E-state index >= 15 is 0 Å². The molecule has 0 aliphatic heterocycles. The first-order valence-corrected chi connectivity index (χ1v) is 8.18. The van der Waals surface area contributed by atoms with Crippen molar-refractivity contribution in [3.05, 3.63) is 83.9 Å². The van der Waals surface area contributed by atoms with Crippen LogP contribution < -0.4 is 4.74 Å². The molecule has 0 spiro atoms. The van der Waals surface area contributed by atoms with Crippen molar-refractivity contribution in [3.63, 3.8) is 0 Å². The summed E-state index contributed by atoms with van der Waals surface area (Å²) in [5.74, 6) is 0.305. The first-order chi connectivity index (χ1) is 12.2. The maximum atomic E-state index is 12.4. The number of halogens is 1. The van der Waals surface area contributed by atoms with Gasteiger partial charge in [0.05, 0.1) is 18.4 Å². The van der Waals surface area contributed by atoms with E-state index in [0.29, 0.717) is 17.1 Å². The quantitative estimate of drug-likeness (QED) is 0.603. The van der Waals surface area contributed by atoms with Gasteiger partial charge in [-0.05, 0) is 36.4 Å². The van der Waals surface area contributed by atoms with E-state index in [1.807, 2.05) is 41.1 Å². The minimum atomic E-state index is -0.461. The molecule has 1 heterocycles. The Balaban J connectivity index is 1.66. The first kappa shape index (κ1) is 17.0. The predicted octanol–water partition coefficient (Wildman–Crippen LogP) is 3.84. The van der Waals surface area contributed by atoms with Gasteiger partial charge in [-0.25, -0.2) is 9.78 Å². The van der Waals surface area contributed by atoms with Gasteiger partial charge in [-0.2, -0.15) is 0 Å². The van der Waals surface area contributed by atoms with Crippen molar-refractivity contribution in [2.45, 2.75) is 12.6 Å². The van der Waals surface area contributed by atoms with Crippen molar-refractivity contribution in [1.29, 1.82) is 0 Å². The summed E-state index contributed by atoms with van der Waals surface area (Å²) < 4.78 is 13.2. The number of rotatable bonds is 7. The zero-order valence-corrected chi connectivity index (χ0v) is 14.2. The molecule has 3 rings (SSSR count). The molecular weight excluding hydrogens is 340 g/mol. The van der Waals surface area contributed by atoms with Crippen LogP contribution in [0.2, 0.25) is 5.02 Å². The SMILES string of the molecule is O=C(O[C@@H](COc1ccccc1)Cn1ccnc1)c1ccc(Cl)cc1. The third-order valence-electron chi connectivity index (χ3n) is 3.51. The maximum Gasteiger partial charge on any atom is 0.338 e. The van der Waals surface area contributed by atoms with Gasteiger partial charge in [-0.15, -0.1) is 0 Å². The Bertz CT molecular complexity index is 789. The molecule has 0 radical (unpaired) electrons. The van der Waals surface area contributed by atoms with Gasteiger partial charge >= 0.3 is 5.97 Å². The van der Waals surface area contributed by atoms with E-state index in [1.165, 1.54) is 0 Å². The molecule has 0 aliphatic rings. The number of ether oxygens (including phenoxy) is 2. The summed E-state index contributed by atoms with van der Waals surface area (Å²) in [5.41, 5.74) is 0.444. The number of hydrogen-bond donors (Lipinski definition) is 0. The highest BCUT2D eigenvalue weighted by Gasteiger charge is 2.18. The van der Waals surface area contributed by atoms with Gasteiger partial charge in [0.25, 0.3) is 0 Å². The van der Waals surface area contributed by atoms with Gasteiger partial charge in [0.15, 0.2) is 6.10 Å². The number of imidazole rings is 1. The van der Waals surface area contributed by atoms with Crippen LogP contribution in [0.25, 0.3) is 0 Å². The van der Waals surface area contributed by atoms with Gasteiger partial charge in [0, 0.05) is 17.4 Å². The van der Waals surface area contributed by atoms with Crippen molar-refractivity contribution >= 4 is 17.6 Å². The molecule has 0 bridgehead atoms. The number of carbonyl (C=O) groups excluding carboxylic acids is 1. The molecule has 25 heavy (non-hydrogen) atoms. The van der Waals surface area contributed by atoms with Crippen LogP contribution in [0.4, 0.5) is 0 Å². The number of hydrogen-bond acceptors (Lipinski definition) is 4. The molecule has 0 N–H and O–H groups in total. The van der Waals surface area contributed by atoms with Gasteiger partial charge in [0.2, 0.25) is 0 Å². The van der Waals surface area contributed by atoms with Gasteiger partial charge in [-0.3, -0.25) is 0 Å². The van der Waals surface area contributed by atoms with Gasteiger partial charge < -0.3 is 14.0 Å². The van der Waals surface area contributed by atoms with E-state index in [1.54, 1.807) is 36.8 Å². The molecule has 128 valence electrons. The molecule has 0 saturated heterocycles. The monoisotopic (exact) mass is 356 g/mol. The minimum absolute atomic E-state index is 0.238. The number of esters is 1. The van der Waals surface area contributed by atoms with Crippen molar-refractivity contribution in [3.8, 4) is 5.75 Å². The highest BCUT2D eigenvalue weighted by Crippen LogP contribution is 2.14. The molecular formula is C19H17ClN2O3. The Hall–Kier alpha value is -2.79. The van der Waals surface area contributed by atoms with Crippen LogP contribution >= 0.6 is 11.6 Å². The van der Waals surface area contributed by atoms with Crippen LogP contribution in [-0.4, -0.2) is 28.2 Å². The van der Waals surface area contributed by atoms with E-state index in [2.05, 4.69) is 4.98 Å². The molecule has 3 aromatic rings. The summed E-state index contributed by atoms with van der Waals surface area (Å²) in [4.78, 5) is 16.4. The lowest BCUT2D eigenvalue weighted by Crippen LogP contribution is -2.29. The molecule has 6 heteroatoms. The van der Waals surface area contributed by atoms with Gasteiger partial charge in [-0.1, -0.05) is 29.8 Å². The van der Waals surface area contributed by atoms with Crippen LogP contribution in [0.3, 0.4) is 0 Å². The normalized spacial score (nSPS) is 11.7. The zero-order chi connectivity index (χ0) is 17.5. The lowest BCUT2D eigenvalue weighted by Gasteiger charge is -2.19. The molecule has 1 aromatic heterocycles. The average Bonchev–Trinajstić information content (AvgIpc) is 3.14. The fraction of sp³-hybridized carbons (Fsp3) is 0.158. The van der Waals surface area contributed by atoms with Crippen LogP contribution in [0.1, 0.15) is 10.4 Å². The van der Waals surface area contributed by atoms with Crippen LogP contribution in [0.15, 0.2) is 73.3 Å². The molecule has 0 saturated carbocycles. The third kappa shape index (κ3) is 5.09. The van der Waals surface area contributed by atoms with E-state index in [-0.39, 0.29) is 6.61 Å². The third-order valence-corrected chi connectivity index (χ3v) is 3.76. The Kier molecular flexibility index (Phi) is 5.69. The van der Waals surface area contributed by atoms with Crippen LogP contribution in [0, 0.1) is 0 Å². The summed E-state index contributed by atoms with van der Waals surface area (Å²) in [6.07, 6.45) is 4.70. The maximum absolute atomic E-state index is 12.4. The number of benzene rings is 2. The van der Waals surface area contributed by atoms with E-state index in [0.717, 1.165) is 5.75 Å². The molecule has 0 amide bonds. The summed E-state index contributed by atoms with van der Waals surface area (Å²) in [5, 5.41) is 0.568. The lowest BCUT2D eigenvalue weighted by atomic mass is 10.2. The summed E-state index contributed by atoms with van der Waals surface area (Å²) in [6, 6.07) is 16.0. The fourth-order valence-corrected chi connectivity index (χ4v) is 2.39. The topological polar surface area (TPSA) is 53.4 Å². The van der Waals surface area contributed by atoms with Crippen molar-refractivity contribution in [2.24, 2.45) is 0 Å². The first-order valence-electron chi connectivity index (χ1n) is 7.81. The average molecular weight is 357 g/mol. The molecule has 1 atom stereocenters. The summed E-state index contributed by atoms with van der Waals surface area (Å²) in [7, 11) is 0. The van der Waals surface area contributed by atoms with Gasteiger partial charge in [0.1, 0.15) is 12.4 Å². The number of aromatic nitrogens is 2. The van der Waals surface area contributed by atoms with Crippen molar-refractivity contribution in [2.75, 3.05) is 6.61 Å². The minimum Gasteiger partial charge on any atom is -0.490 e. The summed E-state index contributed by atoms with van der Waals surface area (Å²) in [6.45, 7) is 0.688. The largest absolute Gasteiger partial charge is 0.490 e. The number of nitrogens with zero attached hydrogens (tertiary/aromatic N) is 2.